The van der Waals surface area contributed by atoms with E-state index in [1.54, 1.807) is 0 Å². The topological polar surface area (TPSA) is 26.8 Å². The Morgan fingerprint density at radius 3 is 2.50 bits per heavy atom. The summed E-state index contributed by atoms with van der Waals surface area (Å²) in [6.07, 6.45) is 0.969. The molecule has 1 aliphatic heterocycles. The van der Waals surface area contributed by atoms with Gasteiger partial charge in [-0.05, 0) is 6.42 Å². The number of nitriles is 1. The van der Waals surface area contributed by atoms with E-state index in [4.69, 9.17) is 5.26 Å². The summed E-state index contributed by atoms with van der Waals surface area (Å²) < 4.78 is 0. The molecule has 1 rings (SSSR count). The van der Waals surface area contributed by atoms with Gasteiger partial charge in [-0.1, -0.05) is 6.92 Å². The Bertz CT molecular complexity index is 110. The van der Waals surface area contributed by atoms with Gasteiger partial charge in [-0.2, -0.15) is 5.26 Å². The van der Waals surface area contributed by atoms with Gasteiger partial charge in [-0.3, -0.25) is 4.90 Å². The van der Waals surface area contributed by atoms with Crippen molar-refractivity contribution < 1.29 is 0 Å². The van der Waals surface area contributed by atoms with Crippen molar-refractivity contribution in [3.05, 3.63) is 0 Å². The molecule has 0 unspecified atom stereocenters. The second-order valence-corrected chi connectivity index (χ2v) is 2.09. The highest BCUT2D eigenvalue weighted by Gasteiger charge is 2.25. The average Bonchev–Trinajstić information content (AvgIpc) is 2.53. The summed E-state index contributed by atoms with van der Waals surface area (Å²) in [5.41, 5.74) is 0. The zero-order valence-corrected chi connectivity index (χ0v) is 5.09. The Morgan fingerprint density at radius 2 is 2.38 bits per heavy atom. The summed E-state index contributed by atoms with van der Waals surface area (Å²) in [7, 11) is 0. The van der Waals surface area contributed by atoms with Crippen LogP contribution in [0.5, 0.6) is 0 Å². The lowest BCUT2D eigenvalue weighted by Gasteiger charge is -2.02. The Labute approximate surface area is 49.7 Å². The van der Waals surface area contributed by atoms with E-state index < -0.39 is 0 Å². The van der Waals surface area contributed by atoms with Crippen molar-refractivity contribution in [2.75, 3.05) is 13.1 Å². The molecule has 1 atom stereocenters. The lowest BCUT2D eigenvalue weighted by molar-refractivity contribution is 0.465. The van der Waals surface area contributed by atoms with E-state index in [-0.39, 0.29) is 6.04 Å². The predicted octanol–water partition coefficient (Wildman–Crippen LogP) is 0.604. The van der Waals surface area contributed by atoms with Gasteiger partial charge in [0.15, 0.2) is 0 Å². The molecule has 0 aromatic rings. The number of rotatable bonds is 2. The number of nitrogens with zero attached hydrogens (tertiary/aromatic N) is 2. The minimum atomic E-state index is 0.204. The molecule has 1 fully saturated rings. The molecule has 2 nitrogen and oxygen atoms in total. The molecule has 0 N–H and O–H groups in total. The zero-order valence-electron chi connectivity index (χ0n) is 5.09. The largest absolute Gasteiger partial charge is 0.286 e. The minimum absolute atomic E-state index is 0.204. The quantitative estimate of drug-likeness (QED) is 0.487. The van der Waals surface area contributed by atoms with Crippen LogP contribution in [0.3, 0.4) is 0 Å². The normalized spacial score (nSPS) is 22.0. The van der Waals surface area contributed by atoms with Gasteiger partial charge in [-0.15, -0.1) is 0 Å². The molecule has 44 valence electrons. The highest BCUT2D eigenvalue weighted by molar-refractivity contribution is 4.96. The van der Waals surface area contributed by atoms with Crippen LogP contribution in [0.1, 0.15) is 13.3 Å². The average molecular weight is 110 g/mol. The van der Waals surface area contributed by atoms with E-state index in [2.05, 4.69) is 11.0 Å². The van der Waals surface area contributed by atoms with Crippen molar-refractivity contribution in [3.8, 4) is 6.07 Å². The highest BCUT2D eigenvalue weighted by atomic mass is 15.3. The fourth-order valence-corrected chi connectivity index (χ4v) is 0.801. The van der Waals surface area contributed by atoms with Gasteiger partial charge in [0.1, 0.15) is 0 Å². The molecular formula is C6H10N2. The van der Waals surface area contributed by atoms with Crippen molar-refractivity contribution in [2.24, 2.45) is 0 Å². The van der Waals surface area contributed by atoms with Crippen LogP contribution in [-0.2, 0) is 0 Å². The second-order valence-electron chi connectivity index (χ2n) is 2.09. The van der Waals surface area contributed by atoms with Gasteiger partial charge in [0, 0.05) is 13.1 Å². The molecular weight excluding hydrogens is 100 g/mol. The third kappa shape index (κ3) is 0.988. The lowest BCUT2D eigenvalue weighted by Crippen LogP contribution is -2.13. The molecule has 0 spiro atoms. The van der Waals surface area contributed by atoms with Crippen LogP contribution in [0.15, 0.2) is 0 Å². The van der Waals surface area contributed by atoms with Gasteiger partial charge in [0.2, 0.25) is 0 Å². The second kappa shape index (κ2) is 2.15. The SMILES string of the molecule is CC[C@H](C#N)N1CC1. The summed E-state index contributed by atoms with van der Waals surface area (Å²) in [4.78, 5) is 2.17. The maximum absolute atomic E-state index is 8.44. The summed E-state index contributed by atoms with van der Waals surface area (Å²) in [5.74, 6) is 0. The van der Waals surface area contributed by atoms with Crippen LogP contribution in [0.4, 0.5) is 0 Å². The molecule has 2 heteroatoms. The zero-order chi connectivity index (χ0) is 5.98. The third-order valence-corrected chi connectivity index (χ3v) is 1.46. The van der Waals surface area contributed by atoms with Crippen LogP contribution in [0, 0.1) is 11.3 Å². The van der Waals surface area contributed by atoms with Crippen molar-refractivity contribution in [3.63, 3.8) is 0 Å². The van der Waals surface area contributed by atoms with Gasteiger partial charge in [0.05, 0.1) is 12.1 Å². The van der Waals surface area contributed by atoms with E-state index in [0.29, 0.717) is 0 Å². The summed E-state index contributed by atoms with van der Waals surface area (Å²) in [6, 6.07) is 2.44. The van der Waals surface area contributed by atoms with Crippen LogP contribution in [0.25, 0.3) is 0 Å². The van der Waals surface area contributed by atoms with Gasteiger partial charge >= 0.3 is 0 Å². The smallest absolute Gasteiger partial charge is 0.0976 e. The van der Waals surface area contributed by atoms with E-state index in [0.717, 1.165) is 19.5 Å². The molecule has 8 heavy (non-hydrogen) atoms. The monoisotopic (exact) mass is 110 g/mol. The molecule has 0 radical (unpaired) electrons. The predicted molar refractivity (Wildman–Crippen MR) is 31.3 cm³/mol. The lowest BCUT2D eigenvalue weighted by atomic mass is 10.2. The first-order valence-electron chi connectivity index (χ1n) is 3.02. The molecule has 0 aromatic heterocycles. The van der Waals surface area contributed by atoms with Crippen molar-refractivity contribution in [1.29, 1.82) is 5.26 Å². The fraction of sp³-hybridized carbons (Fsp3) is 0.833. The highest BCUT2D eigenvalue weighted by Crippen LogP contribution is 2.11. The molecule has 0 amide bonds. The van der Waals surface area contributed by atoms with Crippen LogP contribution in [-0.4, -0.2) is 24.0 Å². The van der Waals surface area contributed by atoms with Gasteiger partial charge in [0.25, 0.3) is 0 Å². The summed E-state index contributed by atoms with van der Waals surface area (Å²) in [6.45, 7) is 4.31. The van der Waals surface area contributed by atoms with Crippen LogP contribution in [0.2, 0.25) is 0 Å². The Hall–Kier alpha value is -0.550. The first kappa shape index (κ1) is 5.58. The van der Waals surface area contributed by atoms with Crippen LogP contribution >= 0.6 is 0 Å². The first-order chi connectivity index (χ1) is 3.88. The van der Waals surface area contributed by atoms with E-state index in [1.807, 2.05) is 6.92 Å². The molecule has 1 saturated heterocycles. The first-order valence-corrected chi connectivity index (χ1v) is 3.02. The molecule has 0 aromatic carbocycles. The Kier molecular flexibility index (Phi) is 1.50. The third-order valence-electron chi connectivity index (χ3n) is 1.46. The summed E-state index contributed by atoms with van der Waals surface area (Å²) in [5, 5.41) is 8.44. The molecule has 1 heterocycles. The standard InChI is InChI=1S/C6H10N2/c1-2-6(5-7)8-3-4-8/h6H,2-4H2,1H3/t6-/m1/s1. The minimum Gasteiger partial charge on any atom is -0.286 e. The van der Waals surface area contributed by atoms with Gasteiger partial charge < -0.3 is 0 Å². The van der Waals surface area contributed by atoms with Crippen molar-refractivity contribution >= 4 is 0 Å². The molecule has 1 aliphatic rings. The van der Waals surface area contributed by atoms with E-state index >= 15 is 0 Å². The van der Waals surface area contributed by atoms with E-state index in [1.165, 1.54) is 0 Å². The number of hydrogen-bond donors (Lipinski definition) is 0. The van der Waals surface area contributed by atoms with Crippen molar-refractivity contribution in [1.82, 2.24) is 4.90 Å². The molecule has 0 aliphatic carbocycles. The van der Waals surface area contributed by atoms with Gasteiger partial charge in [-0.25, -0.2) is 0 Å². The summed E-state index contributed by atoms with van der Waals surface area (Å²) >= 11 is 0. The van der Waals surface area contributed by atoms with Crippen molar-refractivity contribution in [2.45, 2.75) is 19.4 Å². The Balaban J connectivity index is 2.29. The fourth-order valence-electron chi connectivity index (χ4n) is 0.801. The number of hydrogen-bond acceptors (Lipinski definition) is 2. The maximum atomic E-state index is 8.44. The maximum Gasteiger partial charge on any atom is 0.0976 e. The van der Waals surface area contributed by atoms with E-state index in [9.17, 15) is 0 Å². The Morgan fingerprint density at radius 1 is 1.75 bits per heavy atom. The van der Waals surface area contributed by atoms with Crippen LogP contribution < -0.4 is 0 Å². The molecule has 0 bridgehead atoms. The molecule has 0 saturated carbocycles.